The second-order valence-corrected chi connectivity index (χ2v) is 16.1. The van der Waals surface area contributed by atoms with E-state index in [1.807, 2.05) is 0 Å². The maximum Gasteiger partial charge on any atom is 0.165 e. The topological polar surface area (TPSA) is 35.6 Å². The van der Waals surface area contributed by atoms with Crippen LogP contribution < -0.4 is 0 Å². The van der Waals surface area contributed by atoms with Crippen LogP contribution in [-0.2, 0) is 0 Å². The number of nitrogens with zero attached hydrogens (tertiary/aromatic N) is 4. The predicted molar refractivity (Wildman–Crippen MR) is 251 cm³/mol. The molecule has 3 aromatic heterocycles. The molecule has 0 saturated carbocycles. The summed E-state index contributed by atoms with van der Waals surface area (Å²) in [6, 6.07) is 70.7. The first-order valence-electron chi connectivity index (χ1n) is 20.6. The van der Waals surface area contributed by atoms with Crippen LogP contribution in [0.15, 0.2) is 194 Å². The summed E-state index contributed by atoms with van der Waals surface area (Å²) in [5.41, 5.74) is 14.3. The lowest BCUT2D eigenvalue weighted by Gasteiger charge is -2.16. The van der Waals surface area contributed by atoms with E-state index in [1.54, 1.807) is 0 Å². The summed E-state index contributed by atoms with van der Waals surface area (Å²) in [6.45, 7) is 0. The third-order valence-electron chi connectivity index (χ3n) is 13.0. The number of hydrogen-bond donors (Lipinski definition) is 0. The highest BCUT2D eigenvalue weighted by Gasteiger charge is 2.30. The molecule has 0 atom stereocenters. The van der Waals surface area contributed by atoms with Crippen LogP contribution in [0.25, 0.3) is 132 Å². The number of para-hydroxylation sites is 3. The molecule has 0 fully saturated rings. The summed E-state index contributed by atoms with van der Waals surface area (Å²) in [5, 5.41) is 11.9. The fourth-order valence-corrected chi connectivity index (χ4v) is 10.4. The third-order valence-corrected chi connectivity index (χ3v) is 13.0. The van der Waals surface area contributed by atoms with E-state index in [0.29, 0.717) is 0 Å². The Balaban J connectivity index is 1.19. The Morgan fingerprint density at radius 2 is 0.967 bits per heavy atom. The molecule has 276 valence electrons. The van der Waals surface area contributed by atoms with Crippen LogP contribution in [0, 0.1) is 0 Å². The minimum Gasteiger partial charge on any atom is -0.308 e. The first-order chi connectivity index (χ1) is 29.8. The molecular weight excluding hydrogens is 729 g/mol. The molecule has 60 heavy (non-hydrogen) atoms. The molecule has 0 amide bonds. The van der Waals surface area contributed by atoms with Gasteiger partial charge in [0, 0.05) is 43.6 Å². The quantitative estimate of drug-likeness (QED) is 0.165. The summed E-state index contributed by atoms with van der Waals surface area (Å²) in [4.78, 5) is 11.4. The Hall–Kier alpha value is -8.08. The van der Waals surface area contributed by atoms with Crippen LogP contribution in [0.1, 0.15) is 0 Å². The molecule has 0 aliphatic carbocycles. The van der Waals surface area contributed by atoms with Crippen molar-refractivity contribution in [3.8, 4) is 45.0 Å². The number of aromatic nitrogens is 4. The van der Waals surface area contributed by atoms with Gasteiger partial charge in [-0.25, -0.2) is 9.97 Å². The zero-order valence-corrected chi connectivity index (χ0v) is 32.3. The first kappa shape index (κ1) is 31.9. The Bertz CT molecular complexity index is 4020. The zero-order chi connectivity index (χ0) is 39.1. The van der Waals surface area contributed by atoms with Crippen molar-refractivity contribution >= 4 is 87.0 Å². The molecule has 10 aromatic carbocycles. The summed E-state index contributed by atoms with van der Waals surface area (Å²) in [6.07, 6.45) is 0. The molecule has 0 bridgehead atoms. The van der Waals surface area contributed by atoms with Gasteiger partial charge in [0.05, 0.1) is 38.8 Å². The van der Waals surface area contributed by atoms with Gasteiger partial charge >= 0.3 is 0 Å². The van der Waals surface area contributed by atoms with Gasteiger partial charge in [0.1, 0.15) is 5.69 Å². The molecule has 0 spiro atoms. The van der Waals surface area contributed by atoms with Gasteiger partial charge < -0.3 is 4.57 Å². The van der Waals surface area contributed by atoms with E-state index in [1.165, 1.54) is 82.1 Å². The number of hydrogen-bond acceptors (Lipinski definition) is 2. The average Bonchev–Trinajstić information content (AvgIpc) is 3.78. The van der Waals surface area contributed by atoms with Crippen molar-refractivity contribution in [2.45, 2.75) is 0 Å². The van der Waals surface area contributed by atoms with Crippen molar-refractivity contribution < 1.29 is 0 Å². The minimum atomic E-state index is 0.809. The van der Waals surface area contributed by atoms with Gasteiger partial charge in [-0.05, 0) is 74.5 Å². The first-order valence-corrected chi connectivity index (χ1v) is 20.6. The van der Waals surface area contributed by atoms with E-state index in [2.05, 4.69) is 203 Å². The van der Waals surface area contributed by atoms with E-state index in [-0.39, 0.29) is 0 Å². The minimum absolute atomic E-state index is 0.809. The predicted octanol–water partition coefficient (Wildman–Crippen LogP) is 14.6. The zero-order valence-electron chi connectivity index (χ0n) is 32.3. The Labute approximate surface area is 343 Å². The molecule has 0 N–H and O–H groups in total. The van der Waals surface area contributed by atoms with Crippen molar-refractivity contribution in [1.82, 2.24) is 19.1 Å². The Kier molecular flexibility index (Phi) is 6.26. The van der Waals surface area contributed by atoms with Crippen molar-refractivity contribution in [3.63, 3.8) is 0 Å². The summed E-state index contributed by atoms with van der Waals surface area (Å²) < 4.78 is 4.91. The molecule has 13 aromatic rings. The third kappa shape index (κ3) is 4.19. The lowest BCUT2D eigenvalue weighted by Crippen LogP contribution is -2.04. The van der Waals surface area contributed by atoms with Gasteiger partial charge in [-0.2, -0.15) is 0 Å². The van der Waals surface area contributed by atoms with Crippen molar-refractivity contribution in [3.05, 3.63) is 194 Å². The molecule has 0 radical (unpaired) electrons. The van der Waals surface area contributed by atoms with Crippen molar-refractivity contribution in [2.24, 2.45) is 0 Å². The molecule has 4 nitrogen and oxygen atoms in total. The van der Waals surface area contributed by atoms with E-state index in [0.717, 1.165) is 49.9 Å². The molecule has 0 unspecified atom stereocenters. The van der Waals surface area contributed by atoms with E-state index < -0.39 is 0 Å². The second kappa shape index (κ2) is 11.8. The molecular formula is C56H32N4. The highest BCUT2D eigenvalue weighted by molar-refractivity contribution is 6.28. The second-order valence-electron chi connectivity index (χ2n) is 16.1. The smallest absolute Gasteiger partial charge is 0.165 e. The lowest BCUT2D eigenvalue weighted by molar-refractivity contribution is 1.08. The molecule has 1 aliphatic rings. The monoisotopic (exact) mass is 760 g/mol. The normalized spacial score (nSPS) is 12.3. The maximum atomic E-state index is 5.69. The van der Waals surface area contributed by atoms with Gasteiger partial charge in [0.25, 0.3) is 0 Å². The number of rotatable bonds is 2. The molecule has 1 aliphatic heterocycles. The highest BCUT2D eigenvalue weighted by Crippen LogP contribution is 2.52. The number of benzene rings is 10. The molecule has 4 heterocycles. The van der Waals surface area contributed by atoms with Gasteiger partial charge in [0.2, 0.25) is 0 Å². The Morgan fingerprint density at radius 3 is 1.80 bits per heavy atom. The van der Waals surface area contributed by atoms with Crippen LogP contribution in [0.4, 0.5) is 0 Å². The largest absolute Gasteiger partial charge is 0.308 e. The van der Waals surface area contributed by atoms with E-state index in [9.17, 15) is 0 Å². The summed E-state index contributed by atoms with van der Waals surface area (Å²) >= 11 is 0. The van der Waals surface area contributed by atoms with Gasteiger partial charge in [-0.15, -0.1) is 0 Å². The molecule has 14 rings (SSSR count). The summed E-state index contributed by atoms with van der Waals surface area (Å²) in [7, 11) is 0. The van der Waals surface area contributed by atoms with Crippen LogP contribution in [-0.4, -0.2) is 19.1 Å². The lowest BCUT2D eigenvalue weighted by atomic mass is 9.91. The van der Waals surface area contributed by atoms with Crippen LogP contribution >= 0.6 is 0 Å². The fraction of sp³-hybridized carbons (Fsp3) is 0. The van der Waals surface area contributed by atoms with E-state index in [4.69, 9.17) is 9.97 Å². The molecule has 0 saturated heterocycles. The van der Waals surface area contributed by atoms with Crippen LogP contribution in [0.5, 0.6) is 0 Å². The number of fused-ring (bicyclic) bond motifs is 18. The fourth-order valence-electron chi connectivity index (χ4n) is 10.4. The Morgan fingerprint density at radius 1 is 0.367 bits per heavy atom. The van der Waals surface area contributed by atoms with E-state index >= 15 is 0 Å². The SMILES string of the molecule is c1ccc2c(c1)-c1ccccc1-n1c3ccccc3c3cc4c(c-2c31)c1ccccc1n4-c1nc2ccc3ccccc3c2nc1-c1ccc2ccc3ccccc3c2c1. The highest BCUT2D eigenvalue weighted by atomic mass is 15.1. The van der Waals surface area contributed by atoms with Crippen LogP contribution in [0.3, 0.4) is 0 Å². The van der Waals surface area contributed by atoms with Crippen LogP contribution in [0.2, 0.25) is 0 Å². The standard InChI is InChI=1S/C56H32N4/c1-3-15-37-33(13-1)25-26-35-27-28-36(31-44(35)37)53-56(57-46-30-29-34-14-2-4-16-38(34)54(46)58-53)60-49-24-12-9-21-43(49)51-50(60)32-45-41-19-8-11-23-48(41)59-47-22-10-7-18-40(47)39-17-5-6-20-42(39)52(51)55(45)59/h1-32H. The average molecular weight is 761 g/mol. The van der Waals surface area contributed by atoms with Crippen molar-refractivity contribution in [1.29, 1.82) is 0 Å². The van der Waals surface area contributed by atoms with Gasteiger partial charge in [-0.1, -0.05) is 158 Å². The van der Waals surface area contributed by atoms with Gasteiger partial charge in [-0.3, -0.25) is 4.57 Å². The summed E-state index contributed by atoms with van der Waals surface area (Å²) in [5.74, 6) is 0.809. The maximum absolute atomic E-state index is 5.69. The molecule has 4 heteroatoms. The van der Waals surface area contributed by atoms with Gasteiger partial charge in [0.15, 0.2) is 5.82 Å². The van der Waals surface area contributed by atoms with Crippen molar-refractivity contribution in [2.75, 3.05) is 0 Å².